The van der Waals surface area contributed by atoms with E-state index in [0.29, 0.717) is 18.4 Å². The Labute approximate surface area is 145 Å². The van der Waals surface area contributed by atoms with Crippen LogP contribution in [0.2, 0.25) is 0 Å². The summed E-state index contributed by atoms with van der Waals surface area (Å²) in [6, 6.07) is 0.517. The molecule has 0 heterocycles. The van der Waals surface area contributed by atoms with E-state index in [4.69, 9.17) is 4.74 Å². The van der Waals surface area contributed by atoms with E-state index in [-0.39, 0.29) is 16.6 Å². The lowest BCUT2D eigenvalue weighted by Gasteiger charge is -2.48. The molecular formula is C20H43NO2. The molecule has 0 aromatic heterocycles. The van der Waals surface area contributed by atoms with Crippen LogP contribution in [0.15, 0.2) is 0 Å². The number of hydrogen-bond acceptors (Lipinski definition) is 3. The first-order valence-electron chi connectivity index (χ1n) is 9.13. The third-order valence-electron chi connectivity index (χ3n) is 4.75. The predicted octanol–water partition coefficient (Wildman–Crippen LogP) is 4.77. The molecule has 0 aliphatic carbocycles. The molecule has 0 radical (unpaired) electrons. The van der Waals surface area contributed by atoms with Crippen LogP contribution >= 0.6 is 0 Å². The molecule has 0 saturated carbocycles. The lowest BCUT2D eigenvalue weighted by molar-refractivity contribution is -0.191. The first-order valence-corrected chi connectivity index (χ1v) is 9.13. The maximum atomic E-state index is 10.2. The van der Waals surface area contributed by atoms with Crippen LogP contribution in [0.3, 0.4) is 0 Å². The second-order valence-electron chi connectivity index (χ2n) is 10.1. The molecule has 3 nitrogen and oxygen atoms in total. The second kappa shape index (κ2) is 7.84. The van der Waals surface area contributed by atoms with Crippen molar-refractivity contribution in [3.8, 4) is 0 Å². The SMILES string of the molecule is CC(CNC(C)C)CC(C)(C)OC(C)(C)C(C)(C)CC(C)(C)O. The van der Waals surface area contributed by atoms with Crippen LogP contribution in [-0.2, 0) is 4.74 Å². The molecule has 0 bridgehead atoms. The van der Waals surface area contributed by atoms with Gasteiger partial charge < -0.3 is 15.2 Å². The minimum Gasteiger partial charge on any atom is -0.390 e. The molecule has 0 rings (SSSR count). The van der Waals surface area contributed by atoms with Gasteiger partial charge in [0.2, 0.25) is 0 Å². The van der Waals surface area contributed by atoms with Gasteiger partial charge in [0.15, 0.2) is 0 Å². The predicted molar refractivity (Wildman–Crippen MR) is 101 cm³/mol. The summed E-state index contributed by atoms with van der Waals surface area (Å²) >= 11 is 0. The van der Waals surface area contributed by atoms with Crippen LogP contribution in [0.1, 0.15) is 89.0 Å². The Kier molecular flexibility index (Phi) is 7.80. The molecule has 140 valence electrons. The summed E-state index contributed by atoms with van der Waals surface area (Å²) in [4.78, 5) is 0. The topological polar surface area (TPSA) is 41.5 Å². The van der Waals surface area contributed by atoms with Crippen LogP contribution in [0.4, 0.5) is 0 Å². The highest BCUT2D eigenvalue weighted by Crippen LogP contribution is 2.43. The summed E-state index contributed by atoms with van der Waals surface area (Å²) in [5.74, 6) is 0.556. The van der Waals surface area contributed by atoms with Crippen molar-refractivity contribution in [1.29, 1.82) is 0 Å². The molecule has 1 unspecified atom stereocenters. The van der Waals surface area contributed by atoms with Crippen molar-refractivity contribution in [2.24, 2.45) is 11.3 Å². The Balaban J connectivity index is 4.84. The molecule has 0 aromatic rings. The number of aliphatic hydroxyl groups is 1. The first kappa shape index (κ1) is 22.9. The molecule has 0 aliphatic rings. The van der Waals surface area contributed by atoms with E-state index in [1.807, 2.05) is 13.8 Å². The lowest BCUT2D eigenvalue weighted by Crippen LogP contribution is -2.50. The lowest BCUT2D eigenvalue weighted by atomic mass is 9.70. The van der Waals surface area contributed by atoms with Crippen molar-refractivity contribution in [2.45, 2.75) is 112 Å². The Hall–Kier alpha value is -0.120. The largest absolute Gasteiger partial charge is 0.390 e. The normalized spacial score (nSPS) is 16.0. The van der Waals surface area contributed by atoms with Gasteiger partial charge in [0.1, 0.15) is 0 Å². The van der Waals surface area contributed by atoms with Gasteiger partial charge in [-0.15, -0.1) is 0 Å². The van der Waals surface area contributed by atoms with Gasteiger partial charge in [0.25, 0.3) is 0 Å². The second-order valence-corrected chi connectivity index (χ2v) is 10.1. The standard InChI is InChI=1S/C20H43NO2/c1-15(2)21-13-16(3)12-19(8,9)23-20(10,11)17(4,5)14-18(6,7)22/h15-16,21-22H,12-14H2,1-11H3. The van der Waals surface area contributed by atoms with Crippen molar-refractivity contribution in [1.82, 2.24) is 5.32 Å². The maximum Gasteiger partial charge on any atom is 0.0685 e. The summed E-state index contributed by atoms with van der Waals surface area (Å²) in [6.07, 6.45) is 1.71. The Morgan fingerprint density at radius 3 is 1.78 bits per heavy atom. The van der Waals surface area contributed by atoms with Crippen molar-refractivity contribution in [3.05, 3.63) is 0 Å². The summed E-state index contributed by atoms with van der Waals surface area (Å²) in [7, 11) is 0. The van der Waals surface area contributed by atoms with E-state index in [0.717, 1.165) is 13.0 Å². The van der Waals surface area contributed by atoms with Gasteiger partial charge in [-0.25, -0.2) is 0 Å². The monoisotopic (exact) mass is 329 g/mol. The van der Waals surface area contributed by atoms with Gasteiger partial charge >= 0.3 is 0 Å². The van der Waals surface area contributed by atoms with E-state index in [9.17, 15) is 5.11 Å². The molecule has 0 aliphatic heterocycles. The molecule has 2 N–H and O–H groups in total. The van der Waals surface area contributed by atoms with Gasteiger partial charge in [-0.1, -0.05) is 34.6 Å². The van der Waals surface area contributed by atoms with Crippen LogP contribution in [0.5, 0.6) is 0 Å². The number of rotatable bonds is 10. The Morgan fingerprint density at radius 2 is 1.39 bits per heavy atom. The van der Waals surface area contributed by atoms with E-state index in [1.165, 1.54) is 0 Å². The van der Waals surface area contributed by atoms with Crippen LogP contribution in [0.25, 0.3) is 0 Å². The number of nitrogens with one attached hydrogen (secondary N) is 1. The molecule has 23 heavy (non-hydrogen) atoms. The van der Waals surface area contributed by atoms with E-state index >= 15 is 0 Å². The third kappa shape index (κ3) is 9.07. The first-order chi connectivity index (χ1) is 9.97. The molecule has 0 fully saturated rings. The average Bonchev–Trinajstić information content (AvgIpc) is 2.20. The van der Waals surface area contributed by atoms with Crippen LogP contribution < -0.4 is 5.32 Å². The highest BCUT2D eigenvalue weighted by atomic mass is 16.5. The van der Waals surface area contributed by atoms with Crippen molar-refractivity contribution in [3.63, 3.8) is 0 Å². The smallest absolute Gasteiger partial charge is 0.0685 e. The van der Waals surface area contributed by atoms with E-state index in [2.05, 4.69) is 67.6 Å². The minimum atomic E-state index is -0.692. The van der Waals surface area contributed by atoms with Gasteiger partial charge in [-0.05, 0) is 72.3 Å². The fraction of sp³-hybridized carbons (Fsp3) is 1.00. The van der Waals surface area contributed by atoms with Crippen molar-refractivity contribution >= 4 is 0 Å². The third-order valence-corrected chi connectivity index (χ3v) is 4.75. The molecular weight excluding hydrogens is 286 g/mol. The minimum absolute atomic E-state index is 0.123. The quantitative estimate of drug-likeness (QED) is 0.606. The Bertz CT molecular complexity index is 351. The zero-order chi connectivity index (χ0) is 18.7. The van der Waals surface area contributed by atoms with Crippen molar-refractivity contribution in [2.75, 3.05) is 6.54 Å². The van der Waals surface area contributed by atoms with E-state index < -0.39 is 5.60 Å². The van der Waals surface area contributed by atoms with Crippen LogP contribution in [0, 0.1) is 11.3 Å². The van der Waals surface area contributed by atoms with Gasteiger partial charge in [-0.2, -0.15) is 0 Å². The summed E-state index contributed by atoms with van der Waals surface area (Å²) in [5, 5.41) is 13.7. The average molecular weight is 330 g/mol. The zero-order valence-corrected chi connectivity index (χ0v) is 17.6. The van der Waals surface area contributed by atoms with E-state index in [1.54, 1.807) is 0 Å². The molecule has 0 spiro atoms. The fourth-order valence-corrected chi connectivity index (χ4v) is 3.51. The molecule has 0 saturated heterocycles. The fourth-order valence-electron chi connectivity index (χ4n) is 3.51. The van der Waals surface area contributed by atoms with Crippen LogP contribution in [-0.4, -0.2) is 34.5 Å². The van der Waals surface area contributed by atoms with Gasteiger partial charge in [0.05, 0.1) is 16.8 Å². The maximum absolute atomic E-state index is 10.2. The zero-order valence-electron chi connectivity index (χ0n) is 17.6. The number of ether oxygens (including phenoxy) is 1. The Morgan fingerprint density at radius 1 is 0.913 bits per heavy atom. The molecule has 0 aromatic carbocycles. The summed E-state index contributed by atoms with van der Waals surface area (Å²) in [6.45, 7) is 24.4. The van der Waals surface area contributed by atoms with Gasteiger partial charge in [-0.3, -0.25) is 0 Å². The van der Waals surface area contributed by atoms with Gasteiger partial charge in [0, 0.05) is 6.04 Å². The molecule has 3 heteroatoms. The highest BCUT2D eigenvalue weighted by molar-refractivity contribution is 4.94. The summed E-state index contributed by atoms with van der Waals surface area (Å²) in [5.41, 5.74) is -1.33. The van der Waals surface area contributed by atoms with Crippen molar-refractivity contribution < 1.29 is 9.84 Å². The highest BCUT2D eigenvalue weighted by Gasteiger charge is 2.44. The summed E-state index contributed by atoms with van der Waals surface area (Å²) < 4.78 is 6.57. The number of hydrogen-bond donors (Lipinski definition) is 2. The molecule has 0 amide bonds. The molecule has 1 atom stereocenters.